The first kappa shape index (κ1) is 20.0. The van der Waals surface area contributed by atoms with Crippen LogP contribution in [-0.2, 0) is 4.79 Å². The molecule has 26 heavy (non-hydrogen) atoms. The molecular weight excluding hydrogens is 351 g/mol. The highest BCUT2D eigenvalue weighted by Gasteiger charge is 2.34. The summed E-state index contributed by atoms with van der Waals surface area (Å²) in [7, 11) is 3.45. The van der Waals surface area contributed by atoms with E-state index in [4.69, 9.17) is 0 Å². The average Bonchev–Trinajstić information content (AvgIpc) is 2.91. The van der Waals surface area contributed by atoms with Gasteiger partial charge >= 0.3 is 6.36 Å². The summed E-state index contributed by atoms with van der Waals surface area (Å²) in [4.78, 5) is 25.8. The van der Waals surface area contributed by atoms with E-state index in [2.05, 4.69) is 15.4 Å². The Morgan fingerprint density at radius 2 is 1.88 bits per heavy atom. The van der Waals surface area contributed by atoms with E-state index < -0.39 is 18.0 Å². The number of carbonyl (C=O) groups excluding carboxylic acids is 2. The van der Waals surface area contributed by atoms with E-state index in [0.29, 0.717) is 6.42 Å². The molecular formula is C17H22F3N3O3. The number of likely N-dealkylation sites (N-methyl/N-ethyl adjacent to an activating group) is 1. The van der Waals surface area contributed by atoms with Crippen molar-refractivity contribution in [1.82, 2.24) is 15.5 Å². The molecule has 0 saturated carbocycles. The van der Waals surface area contributed by atoms with Gasteiger partial charge in [-0.2, -0.15) is 0 Å². The number of amides is 2. The summed E-state index contributed by atoms with van der Waals surface area (Å²) in [6.45, 7) is 0.278. The van der Waals surface area contributed by atoms with Crippen LogP contribution in [0.5, 0.6) is 5.75 Å². The molecule has 1 heterocycles. The van der Waals surface area contributed by atoms with Crippen molar-refractivity contribution in [3.05, 3.63) is 29.8 Å². The van der Waals surface area contributed by atoms with Gasteiger partial charge in [0.15, 0.2) is 0 Å². The van der Waals surface area contributed by atoms with Crippen LogP contribution in [0.4, 0.5) is 13.2 Å². The summed E-state index contributed by atoms with van der Waals surface area (Å²) >= 11 is 0. The van der Waals surface area contributed by atoms with Crippen molar-refractivity contribution in [2.24, 2.45) is 0 Å². The van der Waals surface area contributed by atoms with E-state index in [1.165, 1.54) is 18.2 Å². The van der Waals surface area contributed by atoms with Crippen molar-refractivity contribution in [1.29, 1.82) is 0 Å². The largest absolute Gasteiger partial charge is 0.573 e. The second-order valence-corrected chi connectivity index (χ2v) is 6.18. The molecule has 1 saturated heterocycles. The van der Waals surface area contributed by atoms with Crippen LogP contribution < -0.4 is 15.4 Å². The SMILES string of the molecule is CNC(=O)C[C@H]1CC[C@@H](CNC(=O)c2ccccc2OC(F)(F)F)N1C. The Morgan fingerprint density at radius 3 is 2.54 bits per heavy atom. The number of benzene rings is 1. The summed E-state index contributed by atoms with van der Waals surface area (Å²) in [6.07, 6.45) is -2.88. The highest BCUT2D eigenvalue weighted by molar-refractivity contribution is 5.96. The highest BCUT2D eigenvalue weighted by Crippen LogP contribution is 2.27. The topological polar surface area (TPSA) is 70.7 Å². The van der Waals surface area contributed by atoms with Gasteiger partial charge in [-0.3, -0.25) is 14.5 Å². The number of likely N-dealkylation sites (tertiary alicyclic amines) is 1. The molecule has 2 rings (SSSR count). The Kier molecular flexibility index (Phi) is 6.47. The second-order valence-electron chi connectivity index (χ2n) is 6.18. The molecule has 0 aromatic heterocycles. The van der Waals surface area contributed by atoms with Crippen molar-refractivity contribution in [2.45, 2.75) is 37.7 Å². The van der Waals surface area contributed by atoms with Crippen molar-refractivity contribution in [3.63, 3.8) is 0 Å². The third-order valence-electron chi connectivity index (χ3n) is 4.54. The number of hydrogen-bond donors (Lipinski definition) is 2. The molecule has 1 aliphatic rings. The highest BCUT2D eigenvalue weighted by atomic mass is 19.4. The minimum Gasteiger partial charge on any atom is -0.405 e. The molecule has 9 heteroatoms. The molecule has 0 bridgehead atoms. The summed E-state index contributed by atoms with van der Waals surface area (Å²) < 4.78 is 41.3. The summed E-state index contributed by atoms with van der Waals surface area (Å²) in [5, 5.41) is 5.24. The fourth-order valence-corrected chi connectivity index (χ4v) is 3.07. The van der Waals surface area contributed by atoms with Gasteiger partial charge in [0.25, 0.3) is 5.91 Å². The predicted octanol–water partition coefficient (Wildman–Crippen LogP) is 1.91. The van der Waals surface area contributed by atoms with E-state index in [9.17, 15) is 22.8 Å². The molecule has 1 aromatic carbocycles. The molecule has 2 N–H and O–H groups in total. The van der Waals surface area contributed by atoms with Crippen LogP contribution >= 0.6 is 0 Å². The van der Waals surface area contributed by atoms with Gasteiger partial charge in [-0.25, -0.2) is 0 Å². The molecule has 6 nitrogen and oxygen atoms in total. The number of hydrogen-bond acceptors (Lipinski definition) is 4. The molecule has 1 aliphatic heterocycles. The van der Waals surface area contributed by atoms with Gasteiger partial charge in [0, 0.05) is 32.1 Å². The quantitative estimate of drug-likeness (QED) is 0.799. The van der Waals surface area contributed by atoms with Crippen molar-refractivity contribution in [2.75, 3.05) is 20.6 Å². The number of halogens is 3. The van der Waals surface area contributed by atoms with Crippen LogP contribution in [0.15, 0.2) is 24.3 Å². The second kappa shape index (κ2) is 8.39. The molecule has 0 radical (unpaired) electrons. The van der Waals surface area contributed by atoms with Crippen LogP contribution in [0, 0.1) is 0 Å². The molecule has 144 valence electrons. The zero-order valence-electron chi connectivity index (χ0n) is 14.6. The Balaban J connectivity index is 1.94. The average molecular weight is 373 g/mol. The minimum atomic E-state index is -4.87. The summed E-state index contributed by atoms with van der Waals surface area (Å²) in [5.41, 5.74) is -0.174. The number of carbonyl (C=O) groups is 2. The lowest BCUT2D eigenvalue weighted by molar-refractivity contribution is -0.274. The third-order valence-corrected chi connectivity index (χ3v) is 4.54. The summed E-state index contributed by atoms with van der Waals surface area (Å²) in [6, 6.07) is 5.32. The monoisotopic (exact) mass is 373 g/mol. The molecule has 0 unspecified atom stereocenters. The fourth-order valence-electron chi connectivity index (χ4n) is 3.07. The van der Waals surface area contributed by atoms with E-state index in [1.807, 2.05) is 11.9 Å². The number of alkyl halides is 3. The van der Waals surface area contributed by atoms with Crippen LogP contribution in [-0.4, -0.2) is 55.8 Å². The lowest BCUT2D eigenvalue weighted by Crippen LogP contribution is -2.42. The van der Waals surface area contributed by atoms with Gasteiger partial charge in [0.05, 0.1) is 5.56 Å². The normalized spacial score (nSPS) is 20.7. The first-order valence-corrected chi connectivity index (χ1v) is 8.26. The standard InChI is InChI=1S/C17H22F3N3O3/c1-21-15(24)9-11-7-8-12(23(11)2)10-22-16(25)13-5-3-4-6-14(13)26-17(18,19)20/h3-6,11-12H,7-10H2,1-2H3,(H,21,24)(H,22,25)/t11-,12+/m1/s1. The summed E-state index contributed by atoms with van der Waals surface area (Å²) in [5.74, 6) is -1.22. The number of para-hydroxylation sites is 1. The lowest BCUT2D eigenvalue weighted by atomic mass is 10.1. The van der Waals surface area contributed by atoms with Crippen LogP contribution in [0.1, 0.15) is 29.6 Å². The predicted molar refractivity (Wildman–Crippen MR) is 88.7 cm³/mol. The van der Waals surface area contributed by atoms with Gasteiger partial charge in [-0.1, -0.05) is 12.1 Å². The number of rotatable bonds is 6. The van der Waals surface area contributed by atoms with E-state index in [0.717, 1.165) is 18.9 Å². The lowest BCUT2D eigenvalue weighted by Gasteiger charge is -2.25. The number of nitrogens with one attached hydrogen (secondary N) is 2. The maximum atomic E-state index is 12.5. The van der Waals surface area contributed by atoms with E-state index >= 15 is 0 Å². The Morgan fingerprint density at radius 1 is 1.23 bits per heavy atom. The Hall–Kier alpha value is -2.29. The Bertz CT molecular complexity index is 652. The van der Waals surface area contributed by atoms with E-state index in [1.54, 1.807) is 7.05 Å². The number of nitrogens with zero attached hydrogens (tertiary/aromatic N) is 1. The van der Waals surface area contributed by atoms with E-state index in [-0.39, 0.29) is 30.1 Å². The molecule has 2 atom stereocenters. The van der Waals surface area contributed by atoms with Gasteiger partial charge in [-0.15, -0.1) is 13.2 Å². The first-order valence-electron chi connectivity index (χ1n) is 8.26. The zero-order chi connectivity index (χ0) is 19.3. The zero-order valence-corrected chi connectivity index (χ0v) is 14.6. The third kappa shape index (κ3) is 5.35. The number of ether oxygens (including phenoxy) is 1. The molecule has 1 fully saturated rings. The molecule has 0 spiro atoms. The van der Waals surface area contributed by atoms with Crippen molar-refractivity contribution >= 4 is 11.8 Å². The van der Waals surface area contributed by atoms with Gasteiger partial charge < -0.3 is 15.4 Å². The van der Waals surface area contributed by atoms with Gasteiger partial charge in [-0.05, 0) is 32.0 Å². The van der Waals surface area contributed by atoms with Crippen LogP contribution in [0.2, 0.25) is 0 Å². The van der Waals surface area contributed by atoms with Crippen LogP contribution in [0.25, 0.3) is 0 Å². The maximum absolute atomic E-state index is 12.5. The minimum absolute atomic E-state index is 0.0179. The molecule has 0 aliphatic carbocycles. The van der Waals surface area contributed by atoms with Crippen LogP contribution in [0.3, 0.4) is 0 Å². The first-order chi connectivity index (χ1) is 12.2. The van der Waals surface area contributed by atoms with Gasteiger partial charge in [0.1, 0.15) is 5.75 Å². The fraction of sp³-hybridized carbons (Fsp3) is 0.529. The van der Waals surface area contributed by atoms with Crippen molar-refractivity contribution in [3.8, 4) is 5.75 Å². The smallest absolute Gasteiger partial charge is 0.405 e. The maximum Gasteiger partial charge on any atom is 0.573 e. The molecule has 2 amide bonds. The van der Waals surface area contributed by atoms with Crippen molar-refractivity contribution < 1.29 is 27.5 Å². The molecule has 1 aromatic rings. The van der Waals surface area contributed by atoms with Gasteiger partial charge in [0.2, 0.25) is 5.91 Å². The Labute approximate surface area is 149 Å².